The SMILES string of the molecule is O=C(Oc1c(-c2ccccc2)nc2ccccn2c1=O)c1ccc(Br)cc1. The van der Waals surface area contributed by atoms with Crippen LogP contribution in [0.2, 0.25) is 0 Å². The minimum atomic E-state index is -0.616. The zero-order valence-corrected chi connectivity index (χ0v) is 15.6. The number of rotatable bonds is 3. The van der Waals surface area contributed by atoms with E-state index in [1.54, 1.807) is 48.7 Å². The summed E-state index contributed by atoms with van der Waals surface area (Å²) in [5.41, 5.74) is 1.40. The molecule has 0 spiro atoms. The number of ether oxygens (including phenoxy) is 1. The van der Waals surface area contributed by atoms with Crippen molar-refractivity contribution in [1.29, 1.82) is 0 Å². The Bertz CT molecular complexity index is 1190. The van der Waals surface area contributed by atoms with Crippen LogP contribution in [0.5, 0.6) is 5.75 Å². The van der Waals surface area contributed by atoms with E-state index in [0.717, 1.165) is 4.47 Å². The van der Waals surface area contributed by atoms with Crippen LogP contribution in [0.4, 0.5) is 0 Å². The summed E-state index contributed by atoms with van der Waals surface area (Å²) in [6.45, 7) is 0. The van der Waals surface area contributed by atoms with E-state index < -0.39 is 11.5 Å². The number of esters is 1. The highest BCUT2D eigenvalue weighted by Crippen LogP contribution is 2.26. The molecule has 0 aliphatic carbocycles. The number of aromatic nitrogens is 2. The van der Waals surface area contributed by atoms with Crippen molar-refractivity contribution in [2.75, 3.05) is 0 Å². The van der Waals surface area contributed by atoms with Crippen molar-refractivity contribution in [3.05, 3.63) is 99.4 Å². The lowest BCUT2D eigenvalue weighted by molar-refractivity contribution is 0.0732. The van der Waals surface area contributed by atoms with Crippen molar-refractivity contribution in [2.24, 2.45) is 0 Å². The first-order chi connectivity index (χ1) is 13.1. The molecule has 0 radical (unpaired) electrons. The zero-order valence-electron chi connectivity index (χ0n) is 14.0. The molecule has 2 aromatic carbocycles. The van der Waals surface area contributed by atoms with Crippen LogP contribution in [-0.4, -0.2) is 15.4 Å². The summed E-state index contributed by atoms with van der Waals surface area (Å²) in [4.78, 5) is 30.1. The molecule has 0 saturated heterocycles. The molecule has 0 aliphatic rings. The van der Waals surface area contributed by atoms with Crippen molar-refractivity contribution in [3.63, 3.8) is 0 Å². The van der Waals surface area contributed by atoms with Crippen molar-refractivity contribution in [1.82, 2.24) is 9.38 Å². The summed E-state index contributed by atoms with van der Waals surface area (Å²) in [6, 6.07) is 21.1. The molecule has 5 nitrogen and oxygen atoms in total. The van der Waals surface area contributed by atoms with Gasteiger partial charge in [0.2, 0.25) is 5.75 Å². The number of carbonyl (C=O) groups excluding carboxylic acids is 1. The molecule has 4 aromatic rings. The van der Waals surface area contributed by atoms with Crippen LogP contribution in [-0.2, 0) is 0 Å². The van der Waals surface area contributed by atoms with Gasteiger partial charge in [-0.25, -0.2) is 9.78 Å². The first-order valence-corrected chi connectivity index (χ1v) is 8.97. The maximum absolute atomic E-state index is 13.0. The molecule has 0 amide bonds. The van der Waals surface area contributed by atoms with E-state index in [1.807, 2.05) is 30.3 Å². The van der Waals surface area contributed by atoms with Gasteiger partial charge in [-0.15, -0.1) is 0 Å². The van der Waals surface area contributed by atoms with Crippen molar-refractivity contribution in [3.8, 4) is 17.0 Å². The van der Waals surface area contributed by atoms with Crippen LogP contribution < -0.4 is 10.3 Å². The Morgan fingerprint density at radius 2 is 1.63 bits per heavy atom. The monoisotopic (exact) mass is 420 g/mol. The minimum Gasteiger partial charge on any atom is -0.415 e. The van der Waals surface area contributed by atoms with Gasteiger partial charge >= 0.3 is 11.5 Å². The predicted octanol–water partition coefficient (Wildman–Crippen LogP) is 4.34. The minimum absolute atomic E-state index is 0.0992. The molecule has 0 aliphatic heterocycles. The van der Waals surface area contributed by atoms with Gasteiger partial charge in [0, 0.05) is 16.2 Å². The Kier molecular flexibility index (Phi) is 4.56. The molecule has 0 fully saturated rings. The number of nitrogens with zero attached hydrogens (tertiary/aromatic N) is 2. The van der Waals surface area contributed by atoms with E-state index in [2.05, 4.69) is 20.9 Å². The molecule has 2 heterocycles. The summed E-state index contributed by atoms with van der Waals surface area (Å²) >= 11 is 3.33. The maximum Gasteiger partial charge on any atom is 0.343 e. The first kappa shape index (κ1) is 17.2. The largest absolute Gasteiger partial charge is 0.415 e. The Morgan fingerprint density at radius 1 is 0.926 bits per heavy atom. The summed E-state index contributed by atoms with van der Waals surface area (Å²) < 4.78 is 7.72. The highest BCUT2D eigenvalue weighted by atomic mass is 79.9. The van der Waals surface area contributed by atoms with Gasteiger partial charge in [0.15, 0.2) is 0 Å². The summed E-state index contributed by atoms with van der Waals surface area (Å²) in [7, 11) is 0. The molecule has 0 atom stereocenters. The topological polar surface area (TPSA) is 60.7 Å². The average Bonchev–Trinajstić information content (AvgIpc) is 2.71. The Labute approximate surface area is 163 Å². The van der Waals surface area contributed by atoms with Crippen LogP contribution >= 0.6 is 15.9 Å². The van der Waals surface area contributed by atoms with E-state index in [9.17, 15) is 9.59 Å². The highest BCUT2D eigenvalue weighted by molar-refractivity contribution is 9.10. The van der Waals surface area contributed by atoms with Crippen molar-refractivity contribution >= 4 is 27.5 Å². The van der Waals surface area contributed by atoms with E-state index in [4.69, 9.17) is 4.74 Å². The van der Waals surface area contributed by atoms with Gasteiger partial charge < -0.3 is 4.74 Å². The van der Waals surface area contributed by atoms with Gasteiger partial charge in [-0.1, -0.05) is 52.3 Å². The van der Waals surface area contributed by atoms with E-state index >= 15 is 0 Å². The molecule has 6 heteroatoms. The smallest absolute Gasteiger partial charge is 0.343 e. The van der Waals surface area contributed by atoms with Crippen LogP contribution in [0.25, 0.3) is 16.9 Å². The van der Waals surface area contributed by atoms with Gasteiger partial charge in [0.1, 0.15) is 11.3 Å². The third-order valence-electron chi connectivity index (χ3n) is 4.01. The molecule has 27 heavy (non-hydrogen) atoms. The second kappa shape index (κ2) is 7.17. The van der Waals surface area contributed by atoms with Crippen molar-refractivity contribution in [2.45, 2.75) is 0 Å². The van der Waals surface area contributed by atoms with Crippen LogP contribution in [0.3, 0.4) is 0 Å². The van der Waals surface area contributed by atoms with Gasteiger partial charge in [0.05, 0.1) is 5.56 Å². The lowest BCUT2D eigenvalue weighted by Crippen LogP contribution is -2.22. The molecule has 0 bridgehead atoms. The number of hydrogen-bond acceptors (Lipinski definition) is 4. The van der Waals surface area contributed by atoms with Gasteiger partial charge in [-0.2, -0.15) is 0 Å². The third kappa shape index (κ3) is 3.39. The van der Waals surface area contributed by atoms with Crippen LogP contribution in [0.15, 0.2) is 88.3 Å². The Morgan fingerprint density at radius 3 is 2.37 bits per heavy atom. The number of pyridine rings is 1. The molecule has 0 N–H and O–H groups in total. The number of benzene rings is 2. The Hall–Kier alpha value is -3.25. The molecular formula is C21H13BrN2O3. The number of fused-ring (bicyclic) bond motifs is 1. The molecule has 132 valence electrons. The average molecular weight is 421 g/mol. The van der Waals surface area contributed by atoms with Crippen LogP contribution in [0, 0.1) is 0 Å². The second-order valence-electron chi connectivity index (χ2n) is 5.79. The molecule has 0 unspecified atom stereocenters. The molecular weight excluding hydrogens is 408 g/mol. The van der Waals surface area contributed by atoms with Gasteiger partial charge in [0.25, 0.3) is 0 Å². The fraction of sp³-hybridized carbons (Fsp3) is 0. The zero-order chi connectivity index (χ0) is 18.8. The predicted molar refractivity (Wildman–Crippen MR) is 106 cm³/mol. The van der Waals surface area contributed by atoms with Crippen LogP contribution in [0.1, 0.15) is 10.4 Å². The first-order valence-electron chi connectivity index (χ1n) is 8.18. The summed E-state index contributed by atoms with van der Waals surface area (Å²) in [5.74, 6) is -0.715. The number of halogens is 1. The molecule has 2 aromatic heterocycles. The fourth-order valence-corrected chi connectivity index (χ4v) is 2.96. The van der Waals surface area contributed by atoms with Gasteiger partial charge in [-0.05, 0) is 36.4 Å². The quantitative estimate of drug-likeness (QED) is 0.462. The number of carbonyl (C=O) groups is 1. The maximum atomic E-state index is 13.0. The van der Waals surface area contributed by atoms with E-state index in [-0.39, 0.29) is 5.75 Å². The normalized spacial score (nSPS) is 10.7. The van der Waals surface area contributed by atoms with E-state index in [0.29, 0.717) is 22.5 Å². The third-order valence-corrected chi connectivity index (χ3v) is 4.54. The molecule has 0 saturated carbocycles. The summed E-state index contributed by atoms with van der Waals surface area (Å²) in [6.07, 6.45) is 1.59. The fourth-order valence-electron chi connectivity index (χ4n) is 2.69. The number of hydrogen-bond donors (Lipinski definition) is 0. The lowest BCUT2D eigenvalue weighted by Gasteiger charge is -2.11. The standard InChI is InChI=1S/C21H13BrN2O3/c22-16-11-9-15(10-12-16)21(26)27-19-18(14-6-2-1-3-7-14)23-17-8-4-5-13-24(17)20(19)25/h1-13H. The van der Waals surface area contributed by atoms with E-state index in [1.165, 1.54) is 4.40 Å². The second-order valence-corrected chi connectivity index (χ2v) is 6.70. The molecule has 4 rings (SSSR count). The van der Waals surface area contributed by atoms with Gasteiger partial charge in [-0.3, -0.25) is 9.20 Å². The highest BCUT2D eigenvalue weighted by Gasteiger charge is 2.20. The van der Waals surface area contributed by atoms with Crippen molar-refractivity contribution < 1.29 is 9.53 Å². The summed E-state index contributed by atoms with van der Waals surface area (Å²) in [5, 5.41) is 0. The lowest BCUT2D eigenvalue weighted by atomic mass is 10.1. The Balaban J connectivity index is 1.87.